The zero-order valence-electron chi connectivity index (χ0n) is 16.0. The SMILES string of the molecule is O=C(Cc1csc(-c2cccnc2)n1)NCc1cccc(CN2CCCC2=O)c1. The van der Waals surface area contributed by atoms with E-state index in [4.69, 9.17) is 0 Å². The highest BCUT2D eigenvalue weighted by molar-refractivity contribution is 7.13. The third kappa shape index (κ3) is 5.06. The van der Waals surface area contributed by atoms with Gasteiger partial charge in [-0.1, -0.05) is 24.3 Å². The molecule has 0 atom stereocenters. The number of nitrogens with one attached hydrogen (secondary N) is 1. The van der Waals surface area contributed by atoms with E-state index in [0.29, 0.717) is 19.5 Å². The average molecular weight is 407 g/mol. The zero-order chi connectivity index (χ0) is 20.1. The van der Waals surface area contributed by atoms with Crippen LogP contribution in [-0.4, -0.2) is 33.2 Å². The molecule has 1 aromatic carbocycles. The molecule has 1 aliphatic heterocycles. The van der Waals surface area contributed by atoms with Gasteiger partial charge in [0.1, 0.15) is 5.01 Å². The molecule has 0 aliphatic carbocycles. The summed E-state index contributed by atoms with van der Waals surface area (Å²) in [6, 6.07) is 11.9. The van der Waals surface area contributed by atoms with Crippen molar-refractivity contribution >= 4 is 23.2 Å². The Hall–Kier alpha value is -3.06. The highest BCUT2D eigenvalue weighted by atomic mass is 32.1. The molecule has 6 nitrogen and oxygen atoms in total. The molecule has 1 N–H and O–H groups in total. The summed E-state index contributed by atoms with van der Waals surface area (Å²) < 4.78 is 0. The number of likely N-dealkylation sites (tertiary alicyclic amines) is 1. The van der Waals surface area contributed by atoms with E-state index in [1.54, 1.807) is 12.4 Å². The van der Waals surface area contributed by atoms with Crippen LogP contribution < -0.4 is 5.32 Å². The van der Waals surface area contributed by atoms with Crippen LogP contribution in [0.2, 0.25) is 0 Å². The number of hydrogen-bond acceptors (Lipinski definition) is 5. The number of aromatic nitrogens is 2. The lowest BCUT2D eigenvalue weighted by Crippen LogP contribution is -2.25. The monoisotopic (exact) mass is 406 g/mol. The minimum atomic E-state index is -0.0619. The first kappa shape index (κ1) is 19.3. The van der Waals surface area contributed by atoms with E-state index in [1.165, 1.54) is 11.3 Å². The number of thiazole rings is 1. The number of hydrogen-bond donors (Lipinski definition) is 1. The molecule has 1 fully saturated rings. The third-order valence-electron chi connectivity index (χ3n) is 4.83. The molecule has 0 unspecified atom stereocenters. The molecule has 2 aromatic heterocycles. The molecule has 4 rings (SSSR count). The van der Waals surface area contributed by atoms with Gasteiger partial charge in [0.05, 0.1) is 12.1 Å². The van der Waals surface area contributed by atoms with E-state index in [1.807, 2.05) is 40.6 Å². The number of rotatable bonds is 7. The molecule has 3 heterocycles. The molecule has 148 valence electrons. The van der Waals surface area contributed by atoms with E-state index in [2.05, 4.69) is 21.4 Å². The van der Waals surface area contributed by atoms with E-state index >= 15 is 0 Å². The van der Waals surface area contributed by atoms with Gasteiger partial charge in [-0.3, -0.25) is 14.6 Å². The van der Waals surface area contributed by atoms with E-state index in [0.717, 1.165) is 40.4 Å². The highest BCUT2D eigenvalue weighted by Gasteiger charge is 2.20. The molecule has 1 aliphatic rings. The molecule has 7 heteroatoms. The molecule has 0 saturated carbocycles. The summed E-state index contributed by atoms with van der Waals surface area (Å²) in [5, 5.41) is 5.74. The lowest BCUT2D eigenvalue weighted by molar-refractivity contribution is -0.128. The van der Waals surface area contributed by atoms with Crippen LogP contribution in [0.4, 0.5) is 0 Å². The van der Waals surface area contributed by atoms with Crippen LogP contribution in [0.5, 0.6) is 0 Å². The van der Waals surface area contributed by atoms with E-state index in [9.17, 15) is 9.59 Å². The Labute approximate surface area is 173 Å². The van der Waals surface area contributed by atoms with Crippen molar-refractivity contribution in [2.24, 2.45) is 0 Å². The van der Waals surface area contributed by atoms with Crippen molar-refractivity contribution in [3.63, 3.8) is 0 Å². The van der Waals surface area contributed by atoms with E-state index in [-0.39, 0.29) is 18.2 Å². The molecule has 29 heavy (non-hydrogen) atoms. The van der Waals surface area contributed by atoms with Crippen molar-refractivity contribution in [3.05, 3.63) is 71.0 Å². The molecule has 0 bridgehead atoms. The molecule has 0 radical (unpaired) electrons. The maximum atomic E-state index is 12.3. The van der Waals surface area contributed by atoms with Crippen LogP contribution in [0.1, 0.15) is 29.7 Å². The van der Waals surface area contributed by atoms with Crippen molar-refractivity contribution in [1.82, 2.24) is 20.2 Å². The molecule has 3 aromatic rings. The summed E-state index contributed by atoms with van der Waals surface area (Å²) >= 11 is 1.51. The summed E-state index contributed by atoms with van der Waals surface area (Å²) in [5.41, 5.74) is 3.83. The van der Waals surface area contributed by atoms with Crippen molar-refractivity contribution in [3.8, 4) is 10.6 Å². The number of pyridine rings is 1. The second-order valence-corrected chi connectivity index (χ2v) is 7.94. The fraction of sp³-hybridized carbons (Fsp3) is 0.273. The lowest BCUT2D eigenvalue weighted by Gasteiger charge is -2.16. The van der Waals surface area contributed by atoms with Crippen molar-refractivity contribution in [1.29, 1.82) is 0 Å². The largest absolute Gasteiger partial charge is 0.352 e. The Bertz CT molecular complexity index is 1000. The van der Waals surface area contributed by atoms with Gasteiger partial charge in [-0.05, 0) is 29.7 Å². The first-order valence-electron chi connectivity index (χ1n) is 9.64. The normalized spacial score (nSPS) is 13.7. The molecular formula is C22H22N4O2S. The van der Waals surface area contributed by atoms with Crippen LogP contribution in [0.25, 0.3) is 10.6 Å². The predicted molar refractivity (Wildman–Crippen MR) is 112 cm³/mol. The second-order valence-electron chi connectivity index (χ2n) is 7.08. The second kappa shape index (κ2) is 8.96. The molecule has 0 spiro atoms. The quantitative estimate of drug-likeness (QED) is 0.654. The minimum absolute atomic E-state index is 0.0619. The Morgan fingerprint density at radius 3 is 2.90 bits per heavy atom. The minimum Gasteiger partial charge on any atom is -0.352 e. The van der Waals surface area contributed by atoms with Gasteiger partial charge in [-0.2, -0.15) is 0 Å². The van der Waals surface area contributed by atoms with Gasteiger partial charge in [-0.15, -0.1) is 11.3 Å². The zero-order valence-corrected chi connectivity index (χ0v) is 16.8. The van der Waals surface area contributed by atoms with Crippen molar-refractivity contribution < 1.29 is 9.59 Å². The van der Waals surface area contributed by atoms with Crippen molar-refractivity contribution in [2.75, 3.05) is 6.54 Å². The van der Waals surface area contributed by atoms with Gasteiger partial charge < -0.3 is 10.2 Å². The van der Waals surface area contributed by atoms with Crippen LogP contribution in [0.3, 0.4) is 0 Å². The highest BCUT2D eigenvalue weighted by Crippen LogP contribution is 2.22. The number of amides is 2. The summed E-state index contributed by atoms with van der Waals surface area (Å²) in [6.45, 7) is 1.92. The van der Waals surface area contributed by atoms with Gasteiger partial charge in [0.2, 0.25) is 11.8 Å². The van der Waals surface area contributed by atoms with Gasteiger partial charge in [0.15, 0.2) is 0 Å². The fourth-order valence-electron chi connectivity index (χ4n) is 3.37. The number of carbonyl (C=O) groups is 2. The fourth-order valence-corrected chi connectivity index (χ4v) is 4.18. The first-order chi connectivity index (χ1) is 14.2. The Balaban J connectivity index is 1.30. The maximum absolute atomic E-state index is 12.3. The van der Waals surface area contributed by atoms with Gasteiger partial charge in [0.25, 0.3) is 0 Å². The summed E-state index contributed by atoms with van der Waals surface area (Å²) in [7, 11) is 0. The van der Waals surface area contributed by atoms with Crippen molar-refractivity contribution in [2.45, 2.75) is 32.4 Å². The Morgan fingerprint density at radius 2 is 2.10 bits per heavy atom. The summed E-state index contributed by atoms with van der Waals surface area (Å²) in [5.74, 6) is 0.158. The molecular weight excluding hydrogens is 384 g/mol. The van der Waals surface area contributed by atoms with Crippen LogP contribution in [0.15, 0.2) is 54.2 Å². The smallest absolute Gasteiger partial charge is 0.226 e. The third-order valence-corrected chi connectivity index (χ3v) is 5.77. The van der Waals surface area contributed by atoms with Gasteiger partial charge in [-0.25, -0.2) is 4.98 Å². The summed E-state index contributed by atoms with van der Waals surface area (Å²) in [6.07, 6.45) is 5.33. The van der Waals surface area contributed by atoms with Crippen LogP contribution in [-0.2, 0) is 29.1 Å². The average Bonchev–Trinajstić information content (AvgIpc) is 3.37. The molecule has 1 saturated heterocycles. The van der Waals surface area contributed by atoms with Gasteiger partial charge >= 0.3 is 0 Å². The number of nitrogens with zero attached hydrogens (tertiary/aromatic N) is 3. The van der Waals surface area contributed by atoms with E-state index < -0.39 is 0 Å². The molecule has 2 amide bonds. The lowest BCUT2D eigenvalue weighted by atomic mass is 10.1. The number of carbonyl (C=O) groups excluding carboxylic acids is 2. The van der Waals surface area contributed by atoms with Crippen LogP contribution >= 0.6 is 11.3 Å². The Kier molecular flexibility index (Phi) is 5.95. The Morgan fingerprint density at radius 1 is 1.21 bits per heavy atom. The maximum Gasteiger partial charge on any atom is 0.226 e. The summed E-state index contributed by atoms with van der Waals surface area (Å²) in [4.78, 5) is 34.7. The van der Waals surface area contributed by atoms with Gasteiger partial charge in [0, 0.05) is 49.4 Å². The predicted octanol–water partition coefficient (Wildman–Crippen LogP) is 3.19. The topological polar surface area (TPSA) is 75.2 Å². The number of benzene rings is 1. The first-order valence-corrected chi connectivity index (χ1v) is 10.5. The standard InChI is InChI=1S/C22H22N4O2S/c27-20(11-19-15-29-22(25-19)18-6-2-8-23-13-18)24-12-16-4-1-5-17(10-16)14-26-9-3-7-21(26)28/h1-2,4-6,8,10,13,15H,3,7,9,11-12,14H2,(H,24,27). The van der Waals surface area contributed by atoms with Crippen LogP contribution in [0, 0.1) is 0 Å².